The van der Waals surface area contributed by atoms with Crippen molar-refractivity contribution in [2.24, 2.45) is 11.7 Å². The molecule has 1 aromatic carbocycles. The number of thiol groups is 1. The Labute approximate surface area is 231 Å². The standard InChI is InChI=1S/C26H33N5O5S2/c1-16(2)12-20(27)24(35)31(26(37,25(36)28-3)13-17-14-38-15-29-17)21(32)10-6-7-11-30-22(33)18-8-4-5-9-19(18)23(30)34/h4-5,8-9,14-16,20,37H,6-7,10-13,27H2,1-3H3,(H,28,36)/t20-,26+/m0/s1. The Kier molecular flexibility index (Phi) is 9.80. The number of likely N-dealkylation sites (N-methyl/N-ethyl adjacent to an activating group) is 1. The Morgan fingerprint density at radius 2 is 1.79 bits per heavy atom. The average Bonchev–Trinajstić information content (AvgIpc) is 3.47. The molecule has 0 unspecified atom stereocenters. The molecule has 1 aromatic heterocycles. The second kappa shape index (κ2) is 12.6. The lowest BCUT2D eigenvalue weighted by Gasteiger charge is -2.38. The first-order valence-electron chi connectivity index (χ1n) is 12.4. The van der Waals surface area contributed by atoms with Gasteiger partial charge in [0.1, 0.15) is 0 Å². The summed E-state index contributed by atoms with van der Waals surface area (Å²) in [5, 5.41) is 4.22. The van der Waals surface area contributed by atoms with E-state index >= 15 is 0 Å². The molecule has 3 N–H and O–H groups in total. The minimum absolute atomic E-state index is 0.0819. The summed E-state index contributed by atoms with van der Waals surface area (Å²) in [5.74, 6) is -2.61. The number of benzene rings is 1. The third-order valence-corrected chi connectivity index (χ3v) is 7.48. The number of carbonyl (C=O) groups is 5. The van der Waals surface area contributed by atoms with E-state index in [-0.39, 0.29) is 43.5 Å². The fraction of sp³-hybridized carbons (Fsp3) is 0.462. The highest BCUT2D eigenvalue weighted by atomic mass is 32.1. The summed E-state index contributed by atoms with van der Waals surface area (Å²) in [6.45, 7) is 3.93. The van der Waals surface area contributed by atoms with E-state index in [4.69, 9.17) is 5.73 Å². The van der Waals surface area contributed by atoms with E-state index in [0.29, 0.717) is 29.7 Å². The lowest BCUT2D eigenvalue weighted by atomic mass is 10.00. The smallest absolute Gasteiger partial charge is 0.261 e. The Hall–Kier alpha value is -3.09. The molecule has 2 heterocycles. The minimum atomic E-state index is -1.85. The van der Waals surface area contributed by atoms with Crippen LogP contribution >= 0.6 is 24.0 Å². The summed E-state index contributed by atoms with van der Waals surface area (Å²) < 4.78 is 0. The molecule has 3 rings (SSSR count). The van der Waals surface area contributed by atoms with Crippen molar-refractivity contribution in [3.8, 4) is 0 Å². The van der Waals surface area contributed by atoms with Crippen LogP contribution in [0.15, 0.2) is 35.2 Å². The maximum Gasteiger partial charge on any atom is 0.261 e. The van der Waals surface area contributed by atoms with Crippen molar-refractivity contribution < 1.29 is 24.0 Å². The van der Waals surface area contributed by atoms with Crippen molar-refractivity contribution >= 4 is 53.5 Å². The monoisotopic (exact) mass is 559 g/mol. The number of nitrogens with zero attached hydrogens (tertiary/aromatic N) is 3. The van der Waals surface area contributed by atoms with Gasteiger partial charge < -0.3 is 11.1 Å². The highest BCUT2D eigenvalue weighted by Gasteiger charge is 2.48. The zero-order valence-corrected chi connectivity index (χ0v) is 23.4. The second-order valence-electron chi connectivity index (χ2n) is 9.62. The summed E-state index contributed by atoms with van der Waals surface area (Å²) in [7, 11) is 1.40. The molecule has 1 aliphatic heterocycles. The first kappa shape index (κ1) is 29.5. The summed E-state index contributed by atoms with van der Waals surface area (Å²) in [4.78, 5) is 69.7. The van der Waals surface area contributed by atoms with E-state index in [1.807, 2.05) is 13.8 Å². The molecular weight excluding hydrogens is 526 g/mol. The molecule has 2 atom stereocenters. The first-order chi connectivity index (χ1) is 18.0. The number of nitrogens with two attached hydrogens (primary N) is 1. The van der Waals surface area contributed by atoms with E-state index in [2.05, 4.69) is 22.9 Å². The number of imide groups is 2. The lowest BCUT2D eigenvalue weighted by molar-refractivity contribution is -0.154. The van der Waals surface area contributed by atoms with Crippen LogP contribution in [0.4, 0.5) is 0 Å². The number of thiazole rings is 1. The topological polar surface area (TPSA) is 143 Å². The lowest BCUT2D eigenvalue weighted by Crippen LogP contribution is -2.63. The van der Waals surface area contributed by atoms with Gasteiger partial charge in [0, 0.05) is 31.8 Å². The van der Waals surface area contributed by atoms with Crippen molar-refractivity contribution in [2.75, 3.05) is 13.6 Å². The highest BCUT2D eigenvalue weighted by Crippen LogP contribution is 2.29. The van der Waals surface area contributed by atoms with E-state index in [9.17, 15) is 24.0 Å². The van der Waals surface area contributed by atoms with Gasteiger partial charge >= 0.3 is 0 Å². The number of unbranched alkanes of at least 4 members (excludes halogenated alkanes) is 1. The maximum absolute atomic E-state index is 13.5. The van der Waals surface area contributed by atoms with Gasteiger partial charge in [-0.2, -0.15) is 0 Å². The predicted molar refractivity (Wildman–Crippen MR) is 147 cm³/mol. The van der Waals surface area contributed by atoms with Gasteiger partial charge in [-0.1, -0.05) is 26.0 Å². The van der Waals surface area contributed by atoms with Crippen LogP contribution in [0.5, 0.6) is 0 Å². The third kappa shape index (κ3) is 6.30. The Morgan fingerprint density at radius 3 is 2.32 bits per heavy atom. The fourth-order valence-electron chi connectivity index (χ4n) is 4.42. The molecule has 0 saturated carbocycles. The van der Waals surface area contributed by atoms with Gasteiger partial charge in [-0.3, -0.25) is 33.8 Å². The maximum atomic E-state index is 13.5. The van der Waals surface area contributed by atoms with Crippen LogP contribution in [0.1, 0.15) is 65.9 Å². The summed E-state index contributed by atoms with van der Waals surface area (Å²) >= 11 is 5.91. The van der Waals surface area contributed by atoms with Crippen molar-refractivity contribution in [3.63, 3.8) is 0 Å². The van der Waals surface area contributed by atoms with Gasteiger partial charge in [0.05, 0.1) is 28.4 Å². The van der Waals surface area contributed by atoms with Gasteiger partial charge in [-0.25, -0.2) is 4.98 Å². The van der Waals surface area contributed by atoms with Gasteiger partial charge in [0.25, 0.3) is 17.7 Å². The molecule has 0 saturated heterocycles. The quantitative estimate of drug-likeness (QED) is 0.157. The number of nitrogens with one attached hydrogen (secondary N) is 1. The molecular formula is C26H33N5O5S2. The minimum Gasteiger partial charge on any atom is -0.356 e. The molecule has 12 heteroatoms. The molecule has 0 radical (unpaired) electrons. The molecule has 2 aromatic rings. The van der Waals surface area contributed by atoms with Crippen LogP contribution in [-0.2, 0) is 20.8 Å². The molecule has 0 spiro atoms. The van der Waals surface area contributed by atoms with Crippen LogP contribution in [0.25, 0.3) is 0 Å². The molecule has 0 bridgehead atoms. The van der Waals surface area contributed by atoms with Crippen LogP contribution in [0.3, 0.4) is 0 Å². The van der Waals surface area contributed by atoms with Crippen molar-refractivity contribution in [2.45, 2.75) is 56.9 Å². The number of rotatable bonds is 12. The third-order valence-electron chi connectivity index (χ3n) is 6.28. The second-order valence-corrected chi connectivity index (χ2v) is 11.1. The van der Waals surface area contributed by atoms with Crippen LogP contribution in [-0.4, -0.2) is 68.8 Å². The molecule has 38 heavy (non-hydrogen) atoms. The first-order valence-corrected chi connectivity index (χ1v) is 13.8. The Morgan fingerprint density at radius 1 is 1.16 bits per heavy atom. The molecule has 5 amide bonds. The van der Waals surface area contributed by atoms with Crippen molar-refractivity contribution in [1.29, 1.82) is 0 Å². The Balaban J connectivity index is 1.76. The zero-order chi connectivity index (χ0) is 28.0. The van der Waals surface area contributed by atoms with Crippen LogP contribution < -0.4 is 11.1 Å². The van der Waals surface area contributed by atoms with Gasteiger partial charge in [-0.15, -0.1) is 24.0 Å². The zero-order valence-electron chi connectivity index (χ0n) is 21.7. The highest BCUT2D eigenvalue weighted by molar-refractivity contribution is 7.82. The predicted octanol–water partition coefficient (Wildman–Crippen LogP) is 2.25. The van der Waals surface area contributed by atoms with Gasteiger partial charge in [-0.05, 0) is 37.3 Å². The molecule has 204 valence electrons. The molecule has 0 aliphatic carbocycles. The SMILES string of the molecule is CNC(=O)[C@](S)(Cc1cscn1)N(C(=O)CCCCN1C(=O)c2ccccc2C1=O)C(=O)[C@@H](N)CC(C)C. The van der Waals surface area contributed by atoms with E-state index in [1.165, 1.54) is 18.4 Å². The van der Waals surface area contributed by atoms with Crippen molar-refractivity contribution in [1.82, 2.24) is 20.1 Å². The summed E-state index contributed by atoms with van der Waals surface area (Å²) in [5.41, 5.74) is 8.98. The fourth-order valence-corrected chi connectivity index (χ4v) is 5.47. The van der Waals surface area contributed by atoms with Gasteiger partial charge in [0.15, 0.2) is 4.87 Å². The number of aromatic nitrogens is 1. The Bertz CT molecular complexity index is 1170. The summed E-state index contributed by atoms with van der Waals surface area (Å²) in [6, 6.07) is 5.60. The van der Waals surface area contributed by atoms with E-state index < -0.39 is 28.6 Å². The van der Waals surface area contributed by atoms with E-state index in [0.717, 1.165) is 9.80 Å². The number of carbonyl (C=O) groups excluding carboxylic acids is 5. The van der Waals surface area contributed by atoms with Crippen LogP contribution in [0, 0.1) is 5.92 Å². The van der Waals surface area contributed by atoms with Crippen molar-refractivity contribution in [3.05, 3.63) is 52.0 Å². The normalized spacial score (nSPS) is 15.3. The molecule has 1 aliphatic rings. The molecule has 10 nitrogen and oxygen atoms in total. The molecule has 0 fully saturated rings. The number of fused-ring (bicyclic) bond motifs is 1. The van der Waals surface area contributed by atoms with E-state index in [1.54, 1.807) is 35.2 Å². The van der Waals surface area contributed by atoms with Gasteiger partial charge in [0.2, 0.25) is 11.8 Å². The average molecular weight is 560 g/mol. The largest absolute Gasteiger partial charge is 0.356 e. The summed E-state index contributed by atoms with van der Waals surface area (Å²) in [6.07, 6.45) is 0.712. The number of hydrogen-bond donors (Lipinski definition) is 3. The number of amides is 5. The number of hydrogen-bond acceptors (Lipinski definition) is 9. The van der Waals surface area contributed by atoms with Crippen LogP contribution in [0.2, 0.25) is 0 Å².